The highest BCUT2D eigenvalue weighted by molar-refractivity contribution is 6.29. The zero-order valence-corrected chi connectivity index (χ0v) is 17.8. The van der Waals surface area contributed by atoms with Gasteiger partial charge in [0.25, 0.3) is 5.92 Å². The number of nitrogens with one attached hydrogen (secondary N) is 1. The average molecular weight is 437 g/mol. The molecule has 2 aromatic heterocycles. The van der Waals surface area contributed by atoms with Gasteiger partial charge in [-0.1, -0.05) is 11.6 Å². The molecule has 5 nitrogen and oxygen atoms in total. The lowest BCUT2D eigenvalue weighted by Crippen LogP contribution is -2.39. The Morgan fingerprint density at radius 1 is 1.13 bits per heavy atom. The van der Waals surface area contributed by atoms with Crippen molar-refractivity contribution in [3.8, 4) is 11.3 Å². The minimum absolute atomic E-state index is 0.134. The van der Waals surface area contributed by atoms with Crippen LogP contribution in [0.15, 0.2) is 30.6 Å². The molecule has 1 aliphatic carbocycles. The zero-order chi connectivity index (χ0) is 21.4. The maximum atomic E-state index is 13.5. The predicted molar refractivity (Wildman–Crippen MR) is 115 cm³/mol. The monoisotopic (exact) mass is 436 g/mol. The molecule has 3 heterocycles. The van der Waals surface area contributed by atoms with E-state index in [0.717, 1.165) is 48.3 Å². The number of nitrogens with zero attached hydrogens (tertiary/aromatic N) is 3. The zero-order valence-electron chi connectivity index (χ0n) is 17.0. The molecule has 2 fully saturated rings. The Hall–Kier alpha value is -1.99. The second-order valence-corrected chi connectivity index (χ2v) is 9.10. The molecule has 0 spiro atoms. The Kier molecular flexibility index (Phi) is 5.86. The number of pyridine rings is 2. The minimum atomic E-state index is -2.58. The van der Waals surface area contributed by atoms with Gasteiger partial charge in [0.1, 0.15) is 5.15 Å². The summed E-state index contributed by atoms with van der Waals surface area (Å²) in [7, 11) is 0. The third-order valence-electron chi connectivity index (χ3n) is 6.17. The molecule has 30 heavy (non-hydrogen) atoms. The third-order valence-corrected chi connectivity index (χ3v) is 6.38. The van der Waals surface area contributed by atoms with E-state index in [2.05, 4.69) is 15.3 Å². The molecule has 2 aliphatic rings. The van der Waals surface area contributed by atoms with Crippen LogP contribution >= 0.6 is 11.6 Å². The number of halogens is 3. The number of aliphatic hydroxyl groups is 1. The first-order valence-electron chi connectivity index (χ1n) is 10.4. The molecule has 4 rings (SSSR count). The highest BCUT2D eigenvalue weighted by atomic mass is 35.5. The van der Waals surface area contributed by atoms with E-state index in [0.29, 0.717) is 18.2 Å². The van der Waals surface area contributed by atoms with Crippen molar-refractivity contribution in [2.75, 3.05) is 23.3 Å². The Labute approximate surface area is 180 Å². The van der Waals surface area contributed by atoms with Gasteiger partial charge in [0, 0.05) is 61.3 Å². The molecule has 0 radical (unpaired) electrons. The van der Waals surface area contributed by atoms with Crippen molar-refractivity contribution < 1.29 is 13.9 Å². The van der Waals surface area contributed by atoms with Crippen molar-refractivity contribution in [2.45, 2.75) is 63.0 Å². The van der Waals surface area contributed by atoms with E-state index >= 15 is 0 Å². The Morgan fingerprint density at radius 2 is 1.83 bits per heavy atom. The largest absolute Gasteiger partial charge is 0.390 e. The van der Waals surface area contributed by atoms with Crippen LogP contribution in [0.5, 0.6) is 0 Å². The van der Waals surface area contributed by atoms with Gasteiger partial charge in [-0.2, -0.15) is 0 Å². The van der Waals surface area contributed by atoms with E-state index in [1.54, 1.807) is 18.5 Å². The van der Waals surface area contributed by atoms with E-state index in [9.17, 15) is 13.9 Å². The molecule has 8 heteroatoms. The molecule has 0 amide bonds. The van der Waals surface area contributed by atoms with Crippen LogP contribution in [0.2, 0.25) is 5.15 Å². The maximum Gasteiger partial charge on any atom is 0.251 e. The first kappa shape index (κ1) is 21.2. The molecule has 0 aromatic carbocycles. The molecule has 0 atom stereocenters. The summed E-state index contributed by atoms with van der Waals surface area (Å²) in [6, 6.07) is 5.80. The number of hydrogen-bond acceptors (Lipinski definition) is 5. The molecular formula is C22H27ClF2N4O. The third kappa shape index (κ3) is 5.01. The van der Waals surface area contributed by atoms with Gasteiger partial charge in [-0.05, 0) is 50.8 Å². The lowest BCUT2D eigenvalue weighted by atomic mass is 9.83. The molecule has 1 saturated heterocycles. The summed E-state index contributed by atoms with van der Waals surface area (Å²) in [5.74, 6) is -2.58. The normalized spacial score (nSPS) is 26.4. The fourth-order valence-electron chi connectivity index (χ4n) is 4.21. The van der Waals surface area contributed by atoms with Crippen molar-refractivity contribution in [3.05, 3.63) is 35.7 Å². The number of aromatic nitrogens is 2. The summed E-state index contributed by atoms with van der Waals surface area (Å²) in [4.78, 5) is 10.7. The van der Waals surface area contributed by atoms with Crippen LogP contribution < -0.4 is 10.2 Å². The topological polar surface area (TPSA) is 61.3 Å². The summed E-state index contributed by atoms with van der Waals surface area (Å²) in [6.07, 6.45) is 6.34. The number of rotatable bonds is 4. The van der Waals surface area contributed by atoms with E-state index < -0.39 is 11.5 Å². The fourth-order valence-corrected chi connectivity index (χ4v) is 4.37. The molecule has 1 saturated carbocycles. The Balaban J connectivity index is 1.56. The van der Waals surface area contributed by atoms with E-state index in [1.165, 1.54) is 0 Å². The van der Waals surface area contributed by atoms with Gasteiger partial charge in [-0.15, -0.1) is 0 Å². The van der Waals surface area contributed by atoms with Gasteiger partial charge in [-0.25, -0.2) is 13.8 Å². The van der Waals surface area contributed by atoms with Gasteiger partial charge in [0.05, 0.1) is 11.3 Å². The van der Waals surface area contributed by atoms with Crippen molar-refractivity contribution in [3.63, 3.8) is 0 Å². The van der Waals surface area contributed by atoms with Crippen LogP contribution in [-0.4, -0.2) is 45.7 Å². The van der Waals surface area contributed by atoms with Crippen LogP contribution in [0, 0.1) is 0 Å². The Bertz CT molecular complexity index is 888. The first-order chi connectivity index (χ1) is 14.2. The second-order valence-electron chi connectivity index (χ2n) is 8.71. The summed E-state index contributed by atoms with van der Waals surface area (Å²) < 4.78 is 27.0. The SMILES string of the molecule is CC1(O)CCC(Nc2cc(Cl)ncc2-c2cc(N3CCC(F)(F)CC3)ccn2)CC1. The summed E-state index contributed by atoms with van der Waals surface area (Å²) in [5, 5.41) is 14.1. The van der Waals surface area contributed by atoms with Crippen LogP contribution in [0.4, 0.5) is 20.2 Å². The van der Waals surface area contributed by atoms with Gasteiger partial charge in [0.2, 0.25) is 0 Å². The lowest BCUT2D eigenvalue weighted by Gasteiger charge is -2.34. The van der Waals surface area contributed by atoms with Crippen molar-refractivity contribution in [1.82, 2.24) is 9.97 Å². The quantitative estimate of drug-likeness (QED) is 0.650. The predicted octanol–water partition coefficient (Wildman–Crippen LogP) is 5.14. The number of hydrogen-bond donors (Lipinski definition) is 2. The molecule has 2 N–H and O–H groups in total. The van der Waals surface area contributed by atoms with Crippen molar-refractivity contribution >= 4 is 23.0 Å². The first-order valence-corrected chi connectivity index (χ1v) is 10.8. The Morgan fingerprint density at radius 3 is 2.53 bits per heavy atom. The second kappa shape index (κ2) is 8.27. The number of alkyl halides is 2. The molecular weight excluding hydrogens is 410 g/mol. The van der Waals surface area contributed by atoms with E-state index in [-0.39, 0.29) is 18.9 Å². The standard InChI is InChI=1S/C22H27ClF2N4O/c1-21(30)5-2-15(3-6-21)28-19-13-20(23)27-14-17(19)18-12-16(4-9-26-18)29-10-7-22(24,25)8-11-29/h4,9,12-15,30H,2-3,5-8,10-11H2,1H3,(H,27,28). The molecule has 0 unspecified atom stereocenters. The van der Waals surface area contributed by atoms with Gasteiger partial charge >= 0.3 is 0 Å². The number of piperidine rings is 1. The summed E-state index contributed by atoms with van der Waals surface area (Å²) >= 11 is 6.16. The highest BCUT2D eigenvalue weighted by Gasteiger charge is 2.34. The van der Waals surface area contributed by atoms with Crippen LogP contribution in [0.1, 0.15) is 45.4 Å². The molecule has 162 valence electrons. The minimum Gasteiger partial charge on any atom is -0.390 e. The summed E-state index contributed by atoms with van der Waals surface area (Å²) in [6.45, 7) is 2.52. The van der Waals surface area contributed by atoms with E-state index in [1.807, 2.05) is 24.0 Å². The highest BCUT2D eigenvalue weighted by Crippen LogP contribution is 2.35. The van der Waals surface area contributed by atoms with Crippen LogP contribution in [-0.2, 0) is 0 Å². The fraction of sp³-hybridized carbons (Fsp3) is 0.545. The molecule has 2 aromatic rings. The average Bonchev–Trinajstić information content (AvgIpc) is 2.70. The molecule has 1 aliphatic heterocycles. The lowest BCUT2D eigenvalue weighted by molar-refractivity contribution is -0.0220. The smallest absolute Gasteiger partial charge is 0.251 e. The van der Waals surface area contributed by atoms with Gasteiger partial charge in [-0.3, -0.25) is 4.98 Å². The maximum absolute atomic E-state index is 13.5. The van der Waals surface area contributed by atoms with Gasteiger partial charge in [0.15, 0.2) is 0 Å². The summed E-state index contributed by atoms with van der Waals surface area (Å²) in [5.41, 5.74) is 2.67. The number of anilines is 2. The molecule has 0 bridgehead atoms. The van der Waals surface area contributed by atoms with Crippen molar-refractivity contribution in [1.29, 1.82) is 0 Å². The van der Waals surface area contributed by atoms with Crippen LogP contribution in [0.25, 0.3) is 11.3 Å². The van der Waals surface area contributed by atoms with Gasteiger partial charge < -0.3 is 15.3 Å². The van der Waals surface area contributed by atoms with Crippen LogP contribution in [0.3, 0.4) is 0 Å². The van der Waals surface area contributed by atoms with E-state index in [4.69, 9.17) is 11.6 Å². The van der Waals surface area contributed by atoms with Crippen molar-refractivity contribution in [2.24, 2.45) is 0 Å².